The van der Waals surface area contributed by atoms with Gasteiger partial charge in [0.1, 0.15) is 10.6 Å². The van der Waals surface area contributed by atoms with Crippen molar-refractivity contribution in [3.05, 3.63) is 99.8 Å². The van der Waals surface area contributed by atoms with Crippen LogP contribution in [-0.4, -0.2) is 33.2 Å². The molecule has 3 aromatic rings. The van der Waals surface area contributed by atoms with Crippen molar-refractivity contribution in [2.45, 2.75) is 38.4 Å². The minimum Gasteiger partial charge on any atom is -0.373 e. The number of hydrogen-bond acceptors (Lipinski definition) is 6. The van der Waals surface area contributed by atoms with Gasteiger partial charge in [0, 0.05) is 24.0 Å². The van der Waals surface area contributed by atoms with Gasteiger partial charge in [0.05, 0.1) is 0 Å². The van der Waals surface area contributed by atoms with Crippen LogP contribution < -0.4 is 5.32 Å². The highest BCUT2D eigenvalue weighted by Crippen LogP contribution is 2.34. The molecular formula is C26H26N4O2S. The molecule has 2 amide bonds. The van der Waals surface area contributed by atoms with Gasteiger partial charge >= 0.3 is 0 Å². The third-order valence-electron chi connectivity index (χ3n) is 5.41. The molecule has 1 aliphatic heterocycles. The van der Waals surface area contributed by atoms with E-state index in [-0.39, 0.29) is 17.9 Å². The first-order chi connectivity index (χ1) is 15.9. The van der Waals surface area contributed by atoms with Crippen LogP contribution in [0.15, 0.2) is 82.5 Å². The third kappa shape index (κ3) is 5.31. The number of benzene rings is 2. The monoisotopic (exact) mass is 458 g/mol. The van der Waals surface area contributed by atoms with Crippen molar-refractivity contribution in [3.63, 3.8) is 0 Å². The predicted molar refractivity (Wildman–Crippen MR) is 129 cm³/mol. The number of imide groups is 1. The van der Waals surface area contributed by atoms with Gasteiger partial charge in [-0.05, 0) is 56.1 Å². The molecule has 1 atom stereocenters. The van der Waals surface area contributed by atoms with Crippen LogP contribution in [0.1, 0.15) is 35.5 Å². The van der Waals surface area contributed by atoms with Crippen molar-refractivity contribution in [2.24, 2.45) is 0 Å². The number of nitrogens with zero attached hydrogens (tertiary/aromatic N) is 3. The second-order valence-corrected chi connectivity index (χ2v) is 8.99. The molecule has 1 aromatic heterocycles. The topological polar surface area (TPSA) is 75.2 Å². The van der Waals surface area contributed by atoms with E-state index in [9.17, 15) is 9.59 Å². The zero-order valence-electron chi connectivity index (χ0n) is 18.9. The number of carbonyl (C=O) groups excluding carboxylic acids is 2. The summed E-state index contributed by atoms with van der Waals surface area (Å²) in [5.41, 5.74) is 4.03. The second-order valence-electron chi connectivity index (χ2n) is 8.01. The largest absolute Gasteiger partial charge is 0.373 e. The van der Waals surface area contributed by atoms with Crippen molar-refractivity contribution in [1.82, 2.24) is 20.2 Å². The quantitative estimate of drug-likeness (QED) is 0.399. The van der Waals surface area contributed by atoms with Gasteiger partial charge in [0.25, 0.3) is 11.8 Å². The van der Waals surface area contributed by atoms with Gasteiger partial charge < -0.3 is 5.32 Å². The molecule has 6 nitrogen and oxygen atoms in total. The van der Waals surface area contributed by atoms with E-state index in [2.05, 4.69) is 15.3 Å². The first kappa shape index (κ1) is 22.7. The van der Waals surface area contributed by atoms with Crippen molar-refractivity contribution in [2.75, 3.05) is 6.54 Å². The number of thioether (sulfide) groups is 1. The lowest BCUT2D eigenvalue weighted by atomic mass is 10.1. The second kappa shape index (κ2) is 10.0. The molecule has 2 heterocycles. The van der Waals surface area contributed by atoms with Crippen LogP contribution in [-0.2, 0) is 16.0 Å². The SMILES string of the molecule is Cc1cc(C)nc(SC2=C(N[C@H](C)c3ccccc3)C(=O)N(CCc3ccccc3)C2=O)n1. The number of amides is 2. The summed E-state index contributed by atoms with van der Waals surface area (Å²) in [6, 6.07) is 21.4. The number of rotatable bonds is 8. The van der Waals surface area contributed by atoms with E-state index < -0.39 is 0 Å². The van der Waals surface area contributed by atoms with Crippen LogP contribution in [0.5, 0.6) is 0 Å². The van der Waals surface area contributed by atoms with Crippen molar-refractivity contribution in [3.8, 4) is 0 Å². The Kier molecular flexibility index (Phi) is 6.89. The van der Waals surface area contributed by atoms with Crippen LogP contribution in [0.25, 0.3) is 0 Å². The first-order valence-electron chi connectivity index (χ1n) is 10.9. The summed E-state index contributed by atoms with van der Waals surface area (Å²) in [5, 5.41) is 3.75. The fourth-order valence-electron chi connectivity index (χ4n) is 3.74. The van der Waals surface area contributed by atoms with E-state index in [0.29, 0.717) is 28.7 Å². The first-order valence-corrected chi connectivity index (χ1v) is 11.7. The Morgan fingerprint density at radius 1 is 0.909 bits per heavy atom. The molecule has 0 bridgehead atoms. The summed E-state index contributed by atoms with van der Waals surface area (Å²) in [4.78, 5) is 37.3. The van der Waals surface area contributed by atoms with Crippen LogP contribution in [0.2, 0.25) is 0 Å². The Morgan fingerprint density at radius 2 is 1.52 bits per heavy atom. The van der Waals surface area contributed by atoms with E-state index in [1.165, 1.54) is 4.90 Å². The highest BCUT2D eigenvalue weighted by molar-refractivity contribution is 8.04. The normalized spacial score (nSPS) is 14.7. The van der Waals surface area contributed by atoms with Crippen LogP contribution in [0, 0.1) is 13.8 Å². The van der Waals surface area contributed by atoms with Crippen LogP contribution >= 0.6 is 11.8 Å². The average molecular weight is 459 g/mol. The lowest BCUT2D eigenvalue weighted by Crippen LogP contribution is -2.35. The van der Waals surface area contributed by atoms with Gasteiger partial charge in [0.15, 0.2) is 5.16 Å². The number of nitrogens with one attached hydrogen (secondary N) is 1. The van der Waals surface area contributed by atoms with E-state index in [1.807, 2.05) is 87.5 Å². The summed E-state index contributed by atoms with van der Waals surface area (Å²) < 4.78 is 0. The standard InChI is InChI=1S/C26H26N4O2S/c1-17-16-18(2)28-26(27-17)33-23-22(29-19(3)21-12-8-5-9-13-21)24(31)30(25(23)32)15-14-20-10-6-4-7-11-20/h4-13,16,19,29H,14-15H2,1-3H3/t19-/m1/s1. The summed E-state index contributed by atoms with van der Waals surface area (Å²) in [6.07, 6.45) is 0.595. The molecular weight excluding hydrogens is 432 g/mol. The number of hydrogen-bond donors (Lipinski definition) is 1. The summed E-state index contributed by atoms with van der Waals surface area (Å²) >= 11 is 1.14. The van der Waals surface area contributed by atoms with E-state index in [4.69, 9.17) is 0 Å². The molecule has 2 aromatic carbocycles. The number of aromatic nitrogens is 2. The van der Waals surface area contributed by atoms with Crippen molar-refractivity contribution < 1.29 is 9.59 Å². The van der Waals surface area contributed by atoms with Crippen LogP contribution in [0.3, 0.4) is 0 Å². The molecule has 168 valence electrons. The van der Waals surface area contributed by atoms with E-state index in [1.54, 1.807) is 0 Å². The Balaban J connectivity index is 1.62. The molecule has 7 heteroatoms. The van der Waals surface area contributed by atoms with Gasteiger partial charge in [-0.25, -0.2) is 9.97 Å². The summed E-state index contributed by atoms with van der Waals surface area (Å²) in [6.45, 7) is 6.06. The molecule has 0 saturated carbocycles. The average Bonchev–Trinajstić information content (AvgIpc) is 3.02. The zero-order valence-corrected chi connectivity index (χ0v) is 19.7. The van der Waals surface area contributed by atoms with Crippen molar-refractivity contribution in [1.29, 1.82) is 0 Å². The molecule has 0 radical (unpaired) electrons. The Morgan fingerprint density at radius 3 is 2.15 bits per heavy atom. The van der Waals surface area contributed by atoms with Gasteiger partial charge in [-0.15, -0.1) is 0 Å². The van der Waals surface area contributed by atoms with E-state index >= 15 is 0 Å². The third-order valence-corrected chi connectivity index (χ3v) is 6.36. The van der Waals surface area contributed by atoms with Crippen LogP contribution in [0.4, 0.5) is 0 Å². The molecule has 0 spiro atoms. The number of carbonyl (C=O) groups is 2. The minimum absolute atomic E-state index is 0.150. The van der Waals surface area contributed by atoms with Gasteiger partial charge in [-0.2, -0.15) is 0 Å². The number of aryl methyl sites for hydroxylation is 2. The molecule has 1 N–H and O–H groups in total. The smallest absolute Gasteiger partial charge is 0.278 e. The molecule has 4 rings (SSSR count). The maximum atomic E-state index is 13.4. The van der Waals surface area contributed by atoms with Gasteiger partial charge in [0.2, 0.25) is 0 Å². The fraction of sp³-hybridized carbons (Fsp3) is 0.231. The zero-order chi connectivity index (χ0) is 23.4. The molecule has 0 saturated heterocycles. The Labute approximate surface area is 198 Å². The summed E-state index contributed by atoms with van der Waals surface area (Å²) in [5.74, 6) is -0.628. The summed E-state index contributed by atoms with van der Waals surface area (Å²) in [7, 11) is 0. The molecule has 0 unspecified atom stereocenters. The molecule has 33 heavy (non-hydrogen) atoms. The Bertz CT molecular complexity index is 1180. The highest BCUT2D eigenvalue weighted by atomic mass is 32.2. The maximum absolute atomic E-state index is 13.4. The Hall–Kier alpha value is -3.45. The molecule has 0 fully saturated rings. The van der Waals surface area contributed by atoms with E-state index in [0.717, 1.165) is 34.3 Å². The predicted octanol–water partition coefficient (Wildman–Crippen LogP) is 4.36. The van der Waals surface area contributed by atoms with Crippen molar-refractivity contribution >= 4 is 23.6 Å². The lowest BCUT2D eigenvalue weighted by Gasteiger charge is -2.18. The lowest BCUT2D eigenvalue weighted by molar-refractivity contribution is -0.137. The maximum Gasteiger partial charge on any atom is 0.278 e. The minimum atomic E-state index is -0.314. The molecule has 0 aliphatic carbocycles. The van der Waals surface area contributed by atoms with Gasteiger partial charge in [-0.1, -0.05) is 60.7 Å². The highest BCUT2D eigenvalue weighted by Gasteiger charge is 2.39. The fourth-order valence-corrected chi connectivity index (χ4v) is 4.74. The van der Waals surface area contributed by atoms with Gasteiger partial charge in [-0.3, -0.25) is 14.5 Å². The molecule has 1 aliphatic rings.